The Hall–Kier alpha value is -1.72. The van der Waals surface area contributed by atoms with Gasteiger partial charge in [-0.15, -0.1) is 23.2 Å². The molecule has 0 bridgehead atoms. The molecule has 0 saturated heterocycles. The number of carbonyl (C=O) groups is 2. The number of carbonyl (C=O) groups excluding carboxylic acids is 2. The fraction of sp³-hybridized carbons (Fsp3) is 0.318. The number of hydrogen-bond acceptors (Lipinski definition) is 3. The monoisotopic (exact) mass is 560 g/mol. The van der Waals surface area contributed by atoms with E-state index >= 15 is 0 Å². The summed E-state index contributed by atoms with van der Waals surface area (Å²) >= 11 is 21.5. The molecule has 2 fully saturated rings. The summed E-state index contributed by atoms with van der Waals surface area (Å²) in [5, 5.41) is 12.1. The number of halogens is 6. The summed E-state index contributed by atoms with van der Waals surface area (Å²) in [6.07, 6.45) is 1.38. The summed E-state index contributed by atoms with van der Waals surface area (Å²) in [5.74, 6) is -4.31. The Kier molecular flexibility index (Phi) is 6.04. The third-order valence-corrected chi connectivity index (χ3v) is 7.85. The number of nitrogens with one attached hydrogen (secondary N) is 1. The van der Waals surface area contributed by atoms with Gasteiger partial charge in [0.2, 0.25) is 5.91 Å². The van der Waals surface area contributed by atoms with Crippen molar-refractivity contribution in [1.82, 2.24) is 0 Å². The van der Waals surface area contributed by atoms with Crippen LogP contribution in [-0.2, 0) is 4.79 Å². The van der Waals surface area contributed by atoms with E-state index in [1.54, 1.807) is 0 Å². The van der Waals surface area contributed by atoms with E-state index in [4.69, 9.17) is 34.8 Å². The van der Waals surface area contributed by atoms with E-state index in [-0.39, 0.29) is 38.5 Å². The van der Waals surface area contributed by atoms with Crippen molar-refractivity contribution in [2.24, 2.45) is 11.3 Å². The summed E-state index contributed by atoms with van der Waals surface area (Å²) in [6.45, 7) is 0. The van der Waals surface area contributed by atoms with Crippen molar-refractivity contribution in [3.8, 4) is 6.07 Å². The highest BCUT2D eigenvalue weighted by Crippen LogP contribution is 2.65. The largest absolute Gasteiger partial charge is 0.326 e. The highest BCUT2D eigenvalue weighted by atomic mass is 79.9. The molecule has 2 aliphatic carbocycles. The number of rotatable bonds is 6. The number of benzene rings is 2. The molecule has 2 aromatic carbocycles. The van der Waals surface area contributed by atoms with Crippen molar-refractivity contribution >= 4 is 68.1 Å². The zero-order valence-electron chi connectivity index (χ0n) is 16.2. The molecule has 0 aliphatic heterocycles. The standard InChI is InChI=1S/C22H14BrCl3F2N2O2/c23-19-14(27)5-10(6-15(19)28)17-18(22(17,25)26)20(32)30-11-1-2-13(24)12(7-11)16(31)8-21(9-29)3-4-21/h1-2,5-7,17-18H,3-4,8H2,(H,30,32). The van der Waals surface area contributed by atoms with Crippen LogP contribution < -0.4 is 5.32 Å². The van der Waals surface area contributed by atoms with Crippen LogP contribution in [0.2, 0.25) is 5.02 Å². The van der Waals surface area contributed by atoms with E-state index in [1.807, 2.05) is 0 Å². The maximum Gasteiger partial charge on any atom is 0.231 e. The minimum atomic E-state index is -1.55. The molecule has 10 heteroatoms. The molecule has 32 heavy (non-hydrogen) atoms. The molecule has 0 aromatic heterocycles. The second kappa shape index (κ2) is 8.25. The summed E-state index contributed by atoms with van der Waals surface area (Å²) in [4.78, 5) is 25.5. The van der Waals surface area contributed by atoms with Gasteiger partial charge >= 0.3 is 0 Å². The second-order valence-electron chi connectivity index (χ2n) is 8.10. The van der Waals surface area contributed by atoms with E-state index in [2.05, 4.69) is 27.3 Å². The van der Waals surface area contributed by atoms with Gasteiger partial charge in [0.05, 0.1) is 26.9 Å². The van der Waals surface area contributed by atoms with Crippen LogP contribution in [0, 0.1) is 34.3 Å². The molecule has 0 spiro atoms. The molecule has 4 nitrogen and oxygen atoms in total. The second-order valence-corrected chi connectivity index (χ2v) is 10.7. The first-order valence-corrected chi connectivity index (χ1v) is 11.5. The van der Waals surface area contributed by atoms with Gasteiger partial charge in [0.25, 0.3) is 0 Å². The Bertz CT molecular complexity index is 1170. The third kappa shape index (κ3) is 4.26. The minimum absolute atomic E-state index is 0.0541. The fourth-order valence-electron chi connectivity index (χ4n) is 3.74. The molecule has 2 aromatic rings. The average Bonchev–Trinajstić information content (AvgIpc) is 3.62. The summed E-state index contributed by atoms with van der Waals surface area (Å²) in [5.41, 5.74) is 0.00457. The van der Waals surface area contributed by atoms with Gasteiger partial charge in [-0.1, -0.05) is 11.6 Å². The predicted molar refractivity (Wildman–Crippen MR) is 121 cm³/mol. The molecule has 2 saturated carbocycles. The number of amides is 1. The Balaban J connectivity index is 1.52. The third-order valence-electron chi connectivity index (χ3n) is 5.83. The van der Waals surface area contributed by atoms with Crippen molar-refractivity contribution < 1.29 is 18.4 Å². The molecule has 0 radical (unpaired) electrons. The van der Waals surface area contributed by atoms with Crippen LogP contribution in [0.4, 0.5) is 14.5 Å². The predicted octanol–water partition coefficient (Wildman–Crippen LogP) is 6.78. The van der Waals surface area contributed by atoms with Crippen LogP contribution in [0.15, 0.2) is 34.8 Å². The summed E-state index contributed by atoms with van der Waals surface area (Å²) in [7, 11) is 0. The van der Waals surface area contributed by atoms with Gasteiger partial charge in [-0.2, -0.15) is 5.26 Å². The number of ketones is 1. The van der Waals surface area contributed by atoms with Crippen LogP contribution in [0.1, 0.15) is 41.1 Å². The van der Waals surface area contributed by atoms with Crippen molar-refractivity contribution in [2.45, 2.75) is 29.5 Å². The van der Waals surface area contributed by atoms with Crippen LogP contribution in [0.5, 0.6) is 0 Å². The first-order chi connectivity index (χ1) is 15.0. The first-order valence-electron chi connectivity index (χ1n) is 9.56. The van der Waals surface area contributed by atoms with Gasteiger partial charge in [-0.25, -0.2) is 8.78 Å². The number of alkyl halides is 2. The zero-order chi connectivity index (χ0) is 23.4. The van der Waals surface area contributed by atoms with Gasteiger partial charge in [-0.3, -0.25) is 9.59 Å². The molecule has 1 amide bonds. The van der Waals surface area contributed by atoms with Crippen molar-refractivity contribution in [3.05, 3.63) is 62.6 Å². The van der Waals surface area contributed by atoms with Crippen molar-refractivity contribution in [1.29, 1.82) is 5.26 Å². The van der Waals surface area contributed by atoms with Gasteiger partial charge in [0, 0.05) is 23.6 Å². The van der Waals surface area contributed by atoms with E-state index in [0.29, 0.717) is 12.8 Å². The number of nitrogens with zero attached hydrogens (tertiary/aromatic N) is 1. The molecule has 166 valence electrons. The lowest BCUT2D eigenvalue weighted by molar-refractivity contribution is -0.117. The Labute approximate surface area is 206 Å². The highest BCUT2D eigenvalue weighted by molar-refractivity contribution is 9.10. The summed E-state index contributed by atoms with van der Waals surface area (Å²) < 4.78 is 26.0. The van der Waals surface area contributed by atoms with E-state index < -0.39 is 39.1 Å². The lowest BCUT2D eigenvalue weighted by Crippen LogP contribution is -2.17. The SMILES string of the molecule is N#CC1(CC(=O)c2cc(NC(=O)C3C(c4cc(F)c(Br)c(F)c4)C3(Cl)Cl)ccc2Cl)CC1. The lowest BCUT2D eigenvalue weighted by atomic mass is 9.96. The van der Waals surface area contributed by atoms with Crippen molar-refractivity contribution in [3.63, 3.8) is 0 Å². The molecule has 4 rings (SSSR count). The number of Topliss-reactive ketones (excluding diaryl/α,β-unsaturated/α-hetero) is 1. The van der Waals surface area contributed by atoms with Crippen LogP contribution in [0.25, 0.3) is 0 Å². The summed E-state index contributed by atoms with van der Waals surface area (Å²) in [6, 6.07) is 8.72. The van der Waals surface area contributed by atoms with Crippen LogP contribution >= 0.6 is 50.7 Å². The zero-order valence-corrected chi connectivity index (χ0v) is 20.0. The van der Waals surface area contributed by atoms with Gasteiger partial charge in [-0.05, 0) is 64.7 Å². The smallest absolute Gasteiger partial charge is 0.231 e. The van der Waals surface area contributed by atoms with Gasteiger partial charge in [0.1, 0.15) is 16.0 Å². The van der Waals surface area contributed by atoms with E-state index in [1.165, 1.54) is 18.2 Å². The van der Waals surface area contributed by atoms with E-state index in [9.17, 15) is 23.6 Å². The molecule has 1 N–H and O–H groups in total. The number of anilines is 1. The fourth-order valence-corrected chi connectivity index (χ4v) is 5.02. The topological polar surface area (TPSA) is 70.0 Å². The van der Waals surface area contributed by atoms with Crippen LogP contribution in [0.3, 0.4) is 0 Å². The molecule has 2 unspecified atom stereocenters. The molecular weight excluding hydrogens is 549 g/mol. The minimum Gasteiger partial charge on any atom is -0.326 e. The Morgan fingerprint density at radius 1 is 1.19 bits per heavy atom. The van der Waals surface area contributed by atoms with Gasteiger partial charge in [0.15, 0.2) is 5.78 Å². The Morgan fingerprint density at radius 3 is 2.38 bits per heavy atom. The molecular formula is C22H14BrCl3F2N2O2. The first kappa shape index (κ1) is 23.4. The maximum absolute atomic E-state index is 13.9. The van der Waals surface area contributed by atoms with Crippen LogP contribution in [-0.4, -0.2) is 16.0 Å². The quantitative estimate of drug-likeness (QED) is 0.240. The number of nitriles is 1. The lowest BCUT2D eigenvalue weighted by Gasteiger charge is -2.10. The normalized spacial score (nSPS) is 22.0. The van der Waals surface area contributed by atoms with Crippen molar-refractivity contribution in [2.75, 3.05) is 5.32 Å². The average molecular weight is 563 g/mol. The number of hydrogen-bond donors (Lipinski definition) is 1. The molecule has 0 heterocycles. The van der Waals surface area contributed by atoms with Gasteiger partial charge < -0.3 is 5.32 Å². The Morgan fingerprint density at radius 2 is 1.81 bits per heavy atom. The highest BCUT2D eigenvalue weighted by Gasteiger charge is 2.67. The molecule has 2 aliphatic rings. The van der Waals surface area contributed by atoms with E-state index in [0.717, 1.165) is 12.1 Å². The maximum atomic E-state index is 13.9. The molecule has 2 atom stereocenters.